The molecule has 0 saturated carbocycles. The monoisotopic (exact) mass is 391 g/mol. The minimum atomic E-state index is -4.56. The van der Waals surface area contributed by atoms with Gasteiger partial charge in [-0.2, -0.15) is 13.2 Å². The summed E-state index contributed by atoms with van der Waals surface area (Å²) in [5.74, 6) is -0.550. The molecule has 0 spiro atoms. The summed E-state index contributed by atoms with van der Waals surface area (Å²) < 4.78 is 39.2. The number of rotatable bonds is 5. The van der Waals surface area contributed by atoms with E-state index in [2.05, 4.69) is 10.6 Å². The first-order chi connectivity index (χ1) is 13.3. The molecule has 2 aromatic carbocycles. The highest BCUT2D eigenvalue weighted by Crippen LogP contribution is 2.34. The minimum absolute atomic E-state index is 0.0479. The van der Waals surface area contributed by atoms with Crippen molar-refractivity contribution in [2.75, 3.05) is 22.1 Å². The van der Waals surface area contributed by atoms with Crippen molar-refractivity contribution in [3.05, 3.63) is 54.1 Å². The maximum Gasteiger partial charge on any atom is 0.418 e. The van der Waals surface area contributed by atoms with E-state index >= 15 is 0 Å². The number of benzene rings is 2. The molecule has 1 aliphatic rings. The summed E-state index contributed by atoms with van der Waals surface area (Å²) in [5, 5.41) is 5.30. The molecule has 0 radical (unpaired) electrons. The van der Waals surface area contributed by atoms with Gasteiger partial charge < -0.3 is 15.5 Å². The highest BCUT2D eigenvalue weighted by atomic mass is 19.4. The number of carbonyl (C=O) groups excluding carboxylic acids is 2. The molecule has 28 heavy (non-hydrogen) atoms. The van der Waals surface area contributed by atoms with Crippen LogP contribution in [0.2, 0.25) is 0 Å². The maximum absolute atomic E-state index is 13.1. The van der Waals surface area contributed by atoms with Crippen molar-refractivity contribution >= 4 is 28.9 Å². The van der Waals surface area contributed by atoms with Gasteiger partial charge in [-0.3, -0.25) is 9.59 Å². The van der Waals surface area contributed by atoms with E-state index in [1.165, 1.54) is 18.2 Å². The number of nitrogens with zero attached hydrogens (tertiary/aromatic N) is 1. The molecule has 1 fully saturated rings. The van der Waals surface area contributed by atoms with Crippen LogP contribution in [0.3, 0.4) is 0 Å². The standard InChI is InChI=1S/C20H20F3N3O2/c1-13(19(28)25-17-9-3-2-8-16(17)20(21,22)23)24-14-6-4-7-15(12-14)26-11-5-10-18(26)27/h2-4,6-9,12-13,24H,5,10-11H2,1H3,(H,25,28). The van der Waals surface area contributed by atoms with E-state index in [4.69, 9.17) is 0 Å². The lowest BCUT2D eigenvalue weighted by molar-refractivity contribution is -0.137. The highest BCUT2D eigenvalue weighted by molar-refractivity contribution is 5.98. The van der Waals surface area contributed by atoms with E-state index in [0.29, 0.717) is 18.7 Å². The number of hydrogen-bond donors (Lipinski definition) is 2. The first kappa shape index (κ1) is 19.7. The Morgan fingerprint density at radius 2 is 1.89 bits per heavy atom. The number of alkyl halides is 3. The van der Waals surface area contributed by atoms with E-state index in [9.17, 15) is 22.8 Å². The highest BCUT2D eigenvalue weighted by Gasteiger charge is 2.33. The third kappa shape index (κ3) is 4.44. The van der Waals surface area contributed by atoms with Crippen molar-refractivity contribution in [3.8, 4) is 0 Å². The fraction of sp³-hybridized carbons (Fsp3) is 0.300. The lowest BCUT2D eigenvalue weighted by Gasteiger charge is -2.20. The molecule has 0 aliphatic carbocycles. The number of halogens is 3. The van der Waals surface area contributed by atoms with Crippen LogP contribution in [0.4, 0.5) is 30.2 Å². The lowest BCUT2D eigenvalue weighted by Crippen LogP contribution is -2.32. The Bertz CT molecular complexity index is 883. The Kier molecular flexibility index (Phi) is 5.58. The van der Waals surface area contributed by atoms with Gasteiger partial charge in [0.25, 0.3) is 0 Å². The van der Waals surface area contributed by atoms with Gasteiger partial charge in [-0.1, -0.05) is 18.2 Å². The smallest absolute Gasteiger partial charge is 0.374 e. The van der Waals surface area contributed by atoms with Crippen LogP contribution in [0.1, 0.15) is 25.3 Å². The van der Waals surface area contributed by atoms with Crippen molar-refractivity contribution in [2.45, 2.75) is 32.0 Å². The average molecular weight is 391 g/mol. The van der Waals surface area contributed by atoms with Crippen molar-refractivity contribution in [3.63, 3.8) is 0 Å². The van der Waals surface area contributed by atoms with Gasteiger partial charge in [0.15, 0.2) is 0 Å². The van der Waals surface area contributed by atoms with Gasteiger partial charge in [-0.25, -0.2) is 0 Å². The molecule has 1 saturated heterocycles. The van der Waals surface area contributed by atoms with Crippen LogP contribution in [0.5, 0.6) is 0 Å². The van der Waals surface area contributed by atoms with Crippen molar-refractivity contribution in [1.82, 2.24) is 0 Å². The molecule has 2 amide bonds. The fourth-order valence-corrected chi connectivity index (χ4v) is 3.08. The molecule has 3 rings (SSSR count). The van der Waals surface area contributed by atoms with Gasteiger partial charge in [0, 0.05) is 24.3 Å². The minimum Gasteiger partial charge on any atom is -0.374 e. The van der Waals surface area contributed by atoms with E-state index in [1.807, 2.05) is 0 Å². The summed E-state index contributed by atoms with van der Waals surface area (Å²) in [6, 6.07) is 11.1. The van der Waals surface area contributed by atoms with Gasteiger partial charge in [0.05, 0.1) is 11.3 Å². The molecule has 8 heteroatoms. The second-order valence-electron chi connectivity index (χ2n) is 6.60. The summed E-state index contributed by atoms with van der Waals surface area (Å²) in [6.07, 6.45) is -3.25. The zero-order valence-corrected chi connectivity index (χ0v) is 15.2. The zero-order chi connectivity index (χ0) is 20.3. The van der Waals surface area contributed by atoms with Crippen LogP contribution >= 0.6 is 0 Å². The summed E-state index contributed by atoms with van der Waals surface area (Å²) in [5.41, 5.74) is 0.140. The summed E-state index contributed by atoms with van der Waals surface area (Å²) >= 11 is 0. The van der Waals surface area contributed by atoms with Gasteiger partial charge in [-0.05, 0) is 43.7 Å². The van der Waals surface area contributed by atoms with E-state index in [0.717, 1.165) is 18.2 Å². The molecule has 5 nitrogen and oxygen atoms in total. The Balaban J connectivity index is 1.69. The van der Waals surface area contributed by atoms with Gasteiger partial charge >= 0.3 is 6.18 Å². The quantitative estimate of drug-likeness (QED) is 0.800. The molecule has 0 aromatic heterocycles. The molecule has 2 N–H and O–H groups in total. The van der Waals surface area contributed by atoms with Crippen LogP contribution < -0.4 is 15.5 Å². The Morgan fingerprint density at radius 3 is 2.57 bits per heavy atom. The molecule has 1 heterocycles. The molecular formula is C20H20F3N3O2. The summed E-state index contributed by atoms with van der Waals surface area (Å²) in [7, 11) is 0. The van der Waals surface area contributed by atoms with E-state index in [-0.39, 0.29) is 11.6 Å². The second-order valence-corrected chi connectivity index (χ2v) is 6.60. The molecule has 148 valence electrons. The van der Waals surface area contributed by atoms with E-state index < -0.39 is 23.7 Å². The summed E-state index contributed by atoms with van der Waals surface area (Å²) in [4.78, 5) is 25.9. The number of carbonyl (C=O) groups is 2. The largest absolute Gasteiger partial charge is 0.418 e. The predicted octanol–water partition coefficient (Wildman–Crippen LogP) is 4.27. The van der Waals surface area contributed by atoms with Crippen molar-refractivity contribution in [1.29, 1.82) is 0 Å². The molecule has 2 aromatic rings. The third-order valence-electron chi connectivity index (χ3n) is 4.50. The Morgan fingerprint density at radius 1 is 1.14 bits per heavy atom. The number of para-hydroxylation sites is 1. The normalized spacial score (nSPS) is 15.4. The molecule has 1 atom stereocenters. The van der Waals surface area contributed by atoms with Crippen molar-refractivity contribution < 1.29 is 22.8 Å². The van der Waals surface area contributed by atoms with Crippen LogP contribution in [0.25, 0.3) is 0 Å². The number of hydrogen-bond acceptors (Lipinski definition) is 3. The molecule has 1 aliphatic heterocycles. The van der Waals surface area contributed by atoms with E-state index in [1.54, 1.807) is 36.1 Å². The fourth-order valence-electron chi connectivity index (χ4n) is 3.08. The van der Waals surface area contributed by atoms with Crippen molar-refractivity contribution in [2.24, 2.45) is 0 Å². The first-order valence-electron chi connectivity index (χ1n) is 8.90. The molecular weight excluding hydrogens is 371 g/mol. The first-order valence-corrected chi connectivity index (χ1v) is 8.90. The van der Waals surface area contributed by atoms with Crippen LogP contribution in [-0.2, 0) is 15.8 Å². The second kappa shape index (κ2) is 7.92. The number of amides is 2. The predicted molar refractivity (Wildman–Crippen MR) is 101 cm³/mol. The van der Waals surface area contributed by atoms with Crippen LogP contribution in [0, 0.1) is 0 Å². The summed E-state index contributed by atoms with van der Waals surface area (Å²) in [6.45, 7) is 2.20. The SMILES string of the molecule is CC(Nc1cccc(N2CCCC2=O)c1)C(=O)Nc1ccccc1C(F)(F)F. The Labute approximate surface area is 160 Å². The van der Waals surface area contributed by atoms with Crippen LogP contribution in [0.15, 0.2) is 48.5 Å². The average Bonchev–Trinajstić information content (AvgIpc) is 3.07. The topological polar surface area (TPSA) is 61.4 Å². The molecule has 0 bridgehead atoms. The van der Waals surface area contributed by atoms with Crippen LogP contribution in [-0.4, -0.2) is 24.4 Å². The number of anilines is 3. The Hall–Kier alpha value is -3.03. The zero-order valence-electron chi connectivity index (χ0n) is 15.2. The maximum atomic E-state index is 13.1. The lowest BCUT2D eigenvalue weighted by atomic mass is 10.1. The van der Waals surface area contributed by atoms with Gasteiger partial charge in [0.1, 0.15) is 6.04 Å². The third-order valence-corrected chi connectivity index (χ3v) is 4.50. The molecule has 1 unspecified atom stereocenters. The number of nitrogens with one attached hydrogen (secondary N) is 2. The van der Waals surface area contributed by atoms with Gasteiger partial charge in [-0.15, -0.1) is 0 Å². The van der Waals surface area contributed by atoms with Gasteiger partial charge in [0.2, 0.25) is 11.8 Å².